The summed E-state index contributed by atoms with van der Waals surface area (Å²) in [5, 5.41) is 0. The van der Waals surface area contributed by atoms with Gasteiger partial charge in [0.05, 0.1) is 10.6 Å². The zero-order valence-electron chi connectivity index (χ0n) is 12.6. The fourth-order valence-corrected chi connectivity index (χ4v) is 5.83. The molecule has 0 atom stereocenters. The van der Waals surface area contributed by atoms with E-state index in [1.807, 2.05) is 4.90 Å². The first-order chi connectivity index (χ1) is 11.4. The van der Waals surface area contributed by atoms with Crippen molar-refractivity contribution in [3.05, 3.63) is 57.2 Å². The molecule has 1 aliphatic heterocycles. The summed E-state index contributed by atoms with van der Waals surface area (Å²) < 4.78 is 42.3. The number of rotatable bonds is 3. The smallest absolute Gasteiger partial charge is 0.244 e. The summed E-state index contributed by atoms with van der Waals surface area (Å²) in [6.45, 7) is 1.54. The lowest BCUT2D eigenvalue weighted by Gasteiger charge is -2.35. The van der Waals surface area contributed by atoms with Crippen LogP contribution in [-0.2, 0) is 10.0 Å². The Hall–Kier alpha value is -0.960. The highest BCUT2D eigenvalue weighted by Crippen LogP contribution is 2.29. The quantitative estimate of drug-likeness (QED) is 0.673. The van der Waals surface area contributed by atoms with Gasteiger partial charge in [-0.05, 0) is 46.3 Å². The Morgan fingerprint density at radius 3 is 2.25 bits per heavy atom. The molecule has 24 heavy (non-hydrogen) atoms. The summed E-state index contributed by atoms with van der Waals surface area (Å²) in [5.41, 5.74) is 0.513. The Bertz CT molecular complexity index is 853. The van der Waals surface area contributed by atoms with Crippen LogP contribution < -0.4 is 4.90 Å². The van der Waals surface area contributed by atoms with Gasteiger partial charge < -0.3 is 4.90 Å². The predicted octanol–water partition coefficient (Wildman–Crippen LogP) is 3.86. The fourth-order valence-electron chi connectivity index (χ4n) is 2.70. The van der Waals surface area contributed by atoms with E-state index >= 15 is 0 Å². The van der Waals surface area contributed by atoms with E-state index in [0.29, 0.717) is 36.3 Å². The molecule has 0 radical (unpaired) electrons. The molecule has 2 aromatic rings. The Kier molecular flexibility index (Phi) is 5.29. The Morgan fingerprint density at radius 1 is 0.958 bits per heavy atom. The molecule has 0 aliphatic carbocycles. The van der Waals surface area contributed by atoms with Gasteiger partial charge in [-0.1, -0.05) is 28.1 Å². The van der Waals surface area contributed by atoms with Gasteiger partial charge in [0.2, 0.25) is 10.0 Å². The number of hydrogen-bond acceptors (Lipinski definition) is 3. The molecule has 8 heteroatoms. The third-order valence-electron chi connectivity index (χ3n) is 3.94. The van der Waals surface area contributed by atoms with Crippen LogP contribution in [-0.4, -0.2) is 38.9 Å². The summed E-state index contributed by atoms with van der Waals surface area (Å²) >= 11 is 6.63. The molecule has 0 saturated carbocycles. The van der Waals surface area contributed by atoms with E-state index in [4.69, 9.17) is 0 Å². The summed E-state index contributed by atoms with van der Waals surface area (Å²) in [6, 6.07) is 11.5. The van der Waals surface area contributed by atoms with E-state index in [9.17, 15) is 12.8 Å². The van der Waals surface area contributed by atoms with Crippen LogP contribution in [0.1, 0.15) is 0 Å². The van der Waals surface area contributed by atoms with Crippen molar-refractivity contribution < 1.29 is 12.8 Å². The van der Waals surface area contributed by atoms with Crippen molar-refractivity contribution in [2.24, 2.45) is 0 Å². The molecular weight excluding hydrogens is 463 g/mol. The highest BCUT2D eigenvalue weighted by molar-refractivity contribution is 9.11. The summed E-state index contributed by atoms with van der Waals surface area (Å²) in [6.07, 6.45) is 0. The first kappa shape index (κ1) is 17.8. The van der Waals surface area contributed by atoms with Crippen molar-refractivity contribution >= 4 is 47.6 Å². The highest BCUT2D eigenvalue weighted by Gasteiger charge is 2.30. The van der Waals surface area contributed by atoms with Crippen molar-refractivity contribution in [2.75, 3.05) is 31.1 Å². The summed E-state index contributed by atoms with van der Waals surface area (Å²) in [7, 11) is -3.58. The molecule has 128 valence electrons. The molecule has 1 aliphatic rings. The van der Waals surface area contributed by atoms with Crippen LogP contribution in [0.5, 0.6) is 0 Å². The first-order valence-corrected chi connectivity index (χ1v) is 10.4. The molecule has 3 rings (SSSR count). The lowest BCUT2D eigenvalue weighted by molar-refractivity contribution is 0.383. The van der Waals surface area contributed by atoms with E-state index in [-0.39, 0.29) is 10.7 Å². The second kappa shape index (κ2) is 7.11. The molecule has 1 fully saturated rings. The van der Waals surface area contributed by atoms with Crippen LogP contribution in [0, 0.1) is 5.82 Å². The average Bonchev–Trinajstić information content (AvgIpc) is 2.55. The van der Waals surface area contributed by atoms with Gasteiger partial charge in [-0.3, -0.25) is 0 Å². The molecule has 2 aromatic carbocycles. The number of benzene rings is 2. The van der Waals surface area contributed by atoms with E-state index in [2.05, 4.69) is 31.9 Å². The molecular formula is C16H15Br2FN2O2S. The van der Waals surface area contributed by atoms with Crippen LogP contribution in [0.4, 0.5) is 10.1 Å². The SMILES string of the molecule is O=S(=O)(c1ccc(Br)cc1Br)N1CCN(c2ccccc2F)CC1. The van der Waals surface area contributed by atoms with Gasteiger partial charge in [0.15, 0.2) is 0 Å². The predicted molar refractivity (Wildman–Crippen MR) is 99.2 cm³/mol. The summed E-state index contributed by atoms with van der Waals surface area (Å²) in [5.74, 6) is -0.288. The zero-order valence-corrected chi connectivity index (χ0v) is 16.6. The topological polar surface area (TPSA) is 40.6 Å². The third kappa shape index (κ3) is 3.51. The van der Waals surface area contributed by atoms with Crippen LogP contribution in [0.15, 0.2) is 56.3 Å². The Labute approximate surface area is 157 Å². The molecule has 0 unspecified atom stereocenters. The van der Waals surface area contributed by atoms with Crippen molar-refractivity contribution in [3.8, 4) is 0 Å². The standard InChI is InChI=1S/C16H15Br2FN2O2S/c17-12-5-6-16(13(18)11-12)24(22,23)21-9-7-20(8-10-21)15-4-2-1-3-14(15)19/h1-6,11H,7-10H2. The minimum absolute atomic E-state index is 0.241. The molecule has 1 saturated heterocycles. The minimum Gasteiger partial charge on any atom is -0.367 e. The van der Waals surface area contributed by atoms with Crippen molar-refractivity contribution in [1.82, 2.24) is 4.31 Å². The maximum absolute atomic E-state index is 13.9. The molecule has 4 nitrogen and oxygen atoms in total. The lowest BCUT2D eigenvalue weighted by atomic mass is 10.2. The van der Waals surface area contributed by atoms with E-state index in [1.54, 1.807) is 36.4 Å². The molecule has 0 spiro atoms. The van der Waals surface area contributed by atoms with Gasteiger partial charge in [0.25, 0.3) is 0 Å². The fraction of sp³-hybridized carbons (Fsp3) is 0.250. The van der Waals surface area contributed by atoms with E-state index < -0.39 is 10.0 Å². The van der Waals surface area contributed by atoms with Gasteiger partial charge in [-0.2, -0.15) is 4.31 Å². The maximum atomic E-state index is 13.9. The minimum atomic E-state index is -3.58. The molecule has 0 amide bonds. The number of nitrogens with zero attached hydrogens (tertiary/aromatic N) is 2. The highest BCUT2D eigenvalue weighted by atomic mass is 79.9. The Balaban J connectivity index is 1.78. The second-order valence-electron chi connectivity index (χ2n) is 5.42. The monoisotopic (exact) mass is 476 g/mol. The lowest BCUT2D eigenvalue weighted by Crippen LogP contribution is -2.49. The largest absolute Gasteiger partial charge is 0.367 e. The van der Waals surface area contributed by atoms with Crippen molar-refractivity contribution in [2.45, 2.75) is 4.90 Å². The van der Waals surface area contributed by atoms with E-state index in [1.165, 1.54) is 10.4 Å². The second-order valence-corrected chi connectivity index (χ2v) is 9.09. The van der Waals surface area contributed by atoms with Gasteiger partial charge in [-0.15, -0.1) is 0 Å². The average molecular weight is 478 g/mol. The number of hydrogen-bond donors (Lipinski definition) is 0. The normalized spacial score (nSPS) is 16.4. The number of anilines is 1. The summed E-state index contributed by atoms with van der Waals surface area (Å²) in [4.78, 5) is 2.11. The molecule has 0 bridgehead atoms. The van der Waals surface area contributed by atoms with Crippen molar-refractivity contribution in [1.29, 1.82) is 0 Å². The third-order valence-corrected chi connectivity index (χ3v) is 7.31. The molecule has 1 heterocycles. The van der Waals surface area contributed by atoms with Crippen LogP contribution in [0.3, 0.4) is 0 Å². The van der Waals surface area contributed by atoms with Crippen LogP contribution in [0.25, 0.3) is 0 Å². The number of piperazine rings is 1. The molecule has 0 N–H and O–H groups in total. The maximum Gasteiger partial charge on any atom is 0.244 e. The van der Waals surface area contributed by atoms with Gasteiger partial charge >= 0.3 is 0 Å². The Morgan fingerprint density at radius 2 is 1.62 bits per heavy atom. The number of para-hydroxylation sites is 1. The van der Waals surface area contributed by atoms with Crippen LogP contribution in [0.2, 0.25) is 0 Å². The van der Waals surface area contributed by atoms with Crippen LogP contribution >= 0.6 is 31.9 Å². The van der Waals surface area contributed by atoms with Gasteiger partial charge in [0.1, 0.15) is 5.82 Å². The zero-order chi connectivity index (χ0) is 17.3. The number of halogens is 3. The van der Waals surface area contributed by atoms with E-state index in [0.717, 1.165) is 4.47 Å². The molecule has 0 aromatic heterocycles. The first-order valence-electron chi connectivity index (χ1n) is 7.34. The van der Waals surface area contributed by atoms with Gasteiger partial charge in [-0.25, -0.2) is 12.8 Å². The van der Waals surface area contributed by atoms with Gasteiger partial charge in [0, 0.05) is 35.1 Å². The number of sulfonamides is 1. The van der Waals surface area contributed by atoms with Crippen molar-refractivity contribution in [3.63, 3.8) is 0 Å².